The Bertz CT molecular complexity index is 672. The van der Waals surface area contributed by atoms with Crippen molar-refractivity contribution in [3.8, 4) is 0 Å². The van der Waals surface area contributed by atoms with Crippen LogP contribution in [0.5, 0.6) is 0 Å². The molecule has 2 rings (SSSR count). The summed E-state index contributed by atoms with van der Waals surface area (Å²) in [4.78, 5) is 16.5. The van der Waals surface area contributed by atoms with Gasteiger partial charge in [0, 0.05) is 12.0 Å². The molecule has 0 aliphatic carbocycles. The molecule has 0 bridgehead atoms. The van der Waals surface area contributed by atoms with Crippen LogP contribution in [0.3, 0.4) is 0 Å². The summed E-state index contributed by atoms with van der Waals surface area (Å²) in [7, 11) is 0. The number of nitrogens with zero attached hydrogens (tertiary/aromatic N) is 2. The Morgan fingerprint density at radius 3 is 2.24 bits per heavy atom. The molecule has 0 spiro atoms. The Hall–Kier alpha value is -1.61. The Morgan fingerprint density at radius 1 is 1.10 bits per heavy atom. The highest BCUT2D eigenvalue weighted by Crippen LogP contribution is 2.17. The number of benzene rings is 1. The summed E-state index contributed by atoms with van der Waals surface area (Å²) in [6, 6.07) is 9.74. The molecule has 4 heteroatoms. The van der Waals surface area contributed by atoms with Crippen molar-refractivity contribution in [2.24, 2.45) is 0 Å². The van der Waals surface area contributed by atoms with Gasteiger partial charge in [-0.1, -0.05) is 63.6 Å². The molecule has 0 unspecified atom stereocenters. The summed E-state index contributed by atoms with van der Waals surface area (Å²) in [5, 5.41) is 0.259. The quantitative estimate of drug-likeness (QED) is 0.794. The van der Waals surface area contributed by atoms with E-state index >= 15 is 0 Å². The van der Waals surface area contributed by atoms with Crippen molar-refractivity contribution in [2.75, 3.05) is 0 Å². The van der Waals surface area contributed by atoms with Crippen LogP contribution in [0.2, 0.25) is 5.15 Å². The van der Waals surface area contributed by atoms with Crippen LogP contribution in [0, 0.1) is 0 Å². The zero-order valence-electron chi connectivity index (χ0n) is 12.9. The lowest BCUT2D eigenvalue weighted by atomic mass is 10.0. The van der Waals surface area contributed by atoms with Crippen molar-refractivity contribution in [3.05, 3.63) is 62.8 Å². The van der Waals surface area contributed by atoms with E-state index in [1.54, 1.807) is 4.57 Å². The summed E-state index contributed by atoms with van der Waals surface area (Å²) >= 11 is 5.90. The van der Waals surface area contributed by atoms with Crippen molar-refractivity contribution < 1.29 is 0 Å². The molecule has 1 aromatic heterocycles. The van der Waals surface area contributed by atoms with Crippen LogP contribution < -0.4 is 5.56 Å². The van der Waals surface area contributed by atoms with Crippen LogP contribution in [-0.2, 0) is 6.54 Å². The molecule has 0 N–H and O–H groups in total. The first-order valence-electron chi connectivity index (χ1n) is 7.24. The molecule has 0 fully saturated rings. The van der Waals surface area contributed by atoms with Gasteiger partial charge in [-0.05, 0) is 17.0 Å². The highest BCUT2D eigenvalue weighted by molar-refractivity contribution is 6.29. The van der Waals surface area contributed by atoms with Gasteiger partial charge in [-0.2, -0.15) is 0 Å². The zero-order chi connectivity index (χ0) is 15.6. The molecule has 0 aliphatic heterocycles. The molecule has 3 nitrogen and oxygen atoms in total. The number of rotatable bonds is 4. The molecule has 21 heavy (non-hydrogen) atoms. The lowest BCUT2D eigenvalue weighted by Gasteiger charge is -2.15. The first-order valence-corrected chi connectivity index (χ1v) is 7.62. The zero-order valence-corrected chi connectivity index (χ0v) is 13.7. The molecule has 1 heterocycles. The standard InChI is InChI=1S/C17H21ClN2O/c1-11(2)14-7-5-13(6-8-14)10-20-16(21)9-15(18)19-17(20)12(3)4/h5-9,11-12H,10H2,1-4H3. The van der Waals surface area contributed by atoms with Gasteiger partial charge in [-0.25, -0.2) is 4.98 Å². The van der Waals surface area contributed by atoms with Crippen LogP contribution in [0.1, 0.15) is 56.5 Å². The number of hydrogen-bond acceptors (Lipinski definition) is 2. The number of aromatic nitrogens is 2. The molecule has 0 radical (unpaired) electrons. The fraction of sp³-hybridized carbons (Fsp3) is 0.412. The van der Waals surface area contributed by atoms with E-state index in [9.17, 15) is 4.79 Å². The predicted molar refractivity (Wildman–Crippen MR) is 87.2 cm³/mol. The Morgan fingerprint density at radius 2 is 1.71 bits per heavy atom. The molecular weight excluding hydrogens is 284 g/mol. The van der Waals surface area contributed by atoms with Gasteiger partial charge in [0.2, 0.25) is 0 Å². The smallest absolute Gasteiger partial charge is 0.255 e. The number of halogens is 1. The fourth-order valence-corrected chi connectivity index (χ4v) is 2.46. The highest BCUT2D eigenvalue weighted by Gasteiger charge is 2.12. The molecule has 0 amide bonds. The molecule has 0 saturated carbocycles. The van der Waals surface area contributed by atoms with E-state index in [0.717, 1.165) is 11.4 Å². The first-order chi connectivity index (χ1) is 9.88. The van der Waals surface area contributed by atoms with E-state index in [4.69, 9.17) is 11.6 Å². The van der Waals surface area contributed by atoms with E-state index in [2.05, 4.69) is 43.1 Å². The summed E-state index contributed by atoms with van der Waals surface area (Å²) in [5.74, 6) is 1.37. The van der Waals surface area contributed by atoms with Crippen molar-refractivity contribution in [3.63, 3.8) is 0 Å². The van der Waals surface area contributed by atoms with Crippen molar-refractivity contribution in [2.45, 2.75) is 46.1 Å². The Labute approximate surface area is 130 Å². The van der Waals surface area contributed by atoms with Crippen LogP contribution in [-0.4, -0.2) is 9.55 Å². The third kappa shape index (κ3) is 3.73. The maximum atomic E-state index is 12.2. The average Bonchev–Trinajstić information content (AvgIpc) is 2.41. The first kappa shape index (κ1) is 15.8. The summed E-state index contributed by atoms with van der Waals surface area (Å²) in [6.45, 7) is 8.88. The topological polar surface area (TPSA) is 34.9 Å². The predicted octanol–water partition coefficient (Wildman–Crippen LogP) is 4.19. The van der Waals surface area contributed by atoms with Crippen molar-refractivity contribution >= 4 is 11.6 Å². The van der Waals surface area contributed by atoms with Gasteiger partial charge in [0.15, 0.2) is 0 Å². The van der Waals surface area contributed by atoms with Crippen LogP contribution in [0.4, 0.5) is 0 Å². The number of hydrogen-bond donors (Lipinski definition) is 0. The minimum absolute atomic E-state index is 0.105. The van der Waals surface area contributed by atoms with Crippen molar-refractivity contribution in [1.29, 1.82) is 0 Å². The third-order valence-corrected chi connectivity index (χ3v) is 3.70. The van der Waals surface area contributed by atoms with E-state index in [0.29, 0.717) is 12.5 Å². The Kier molecular flexibility index (Phi) is 4.84. The SMILES string of the molecule is CC(C)c1ccc(Cn2c(C(C)C)nc(Cl)cc2=O)cc1. The molecule has 0 atom stereocenters. The molecule has 0 saturated heterocycles. The van der Waals surface area contributed by atoms with E-state index in [1.807, 2.05) is 13.8 Å². The maximum absolute atomic E-state index is 12.2. The average molecular weight is 305 g/mol. The second-order valence-electron chi connectivity index (χ2n) is 5.91. The highest BCUT2D eigenvalue weighted by atomic mass is 35.5. The van der Waals surface area contributed by atoms with E-state index in [1.165, 1.54) is 11.6 Å². The molecule has 112 valence electrons. The summed E-state index contributed by atoms with van der Waals surface area (Å²) < 4.78 is 1.70. The summed E-state index contributed by atoms with van der Waals surface area (Å²) in [5.41, 5.74) is 2.28. The van der Waals surface area contributed by atoms with Gasteiger partial charge in [0.25, 0.3) is 5.56 Å². The van der Waals surface area contributed by atoms with Crippen LogP contribution in [0.25, 0.3) is 0 Å². The van der Waals surface area contributed by atoms with Gasteiger partial charge in [-0.3, -0.25) is 9.36 Å². The minimum Gasteiger partial charge on any atom is -0.292 e. The van der Waals surface area contributed by atoms with Gasteiger partial charge >= 0.3 is 0 Å². The second kappa shape index (κ2) is 6.44. The molecule has 0 aliphatic rings. The minimum atomic E-state index is -0.105. The lowest BCUT2D eigenvalue weighted by molar-refractivity contribution is 0.624. The van der Waals surface area contributed by atoms with Gasteiger partial charge < -0.3 is 0 Å². The Balaban J connectivity index is 2.37. The lowest BCUT2D eigenvalue weighted by Crippen LogP contribution is -2.25. The third-order valence-electron chi connectivity index (χ3n) is 3.51. The van der Waals surface area contributed by atoms with Gasteiger partial charge in [-0.15, -0.1) is 0 Å². The maximum Gasteiger partial charge on any atom is 0.255 e. The molecule has 1 aromatic carbocycles. The monoisotopic (exact) mass is 304 g/mol. The summed E-state index contributed by atoms with van der Waals surface area (Å²) in [6.07, 6.45) is 0. The molecular formula is C17H21ClN2O. The van der Waals surface area contributed by atoms with Crippen LogP contribution in [0.15, 0.2) is 35.1 Å². The normalized spacial score (nSPS) is 11.4. The van der Waals surface area contributed by atoms with Crippen molar-refractivity contribution in [1.82, 2.24) is 9.55 Å². The largest absolute Gasteiger partial charge is 0.292 e. The second-order valence-corrected chi connectivity index (χ2v) is 6.30. The molecule has 2 aromatic rings. The van der Waals surface area contributed by atoms with Crippen LogP contribution >= 0.6 is 11.6 Å². The van der Waals surface area contributed by atoms with E-state index < -0.39 is 0 Å². The van der Waals surface area contributed by atoms with Gasteiger partial charge in [0.1, 0.15) is 11.0 Å². The van der Waals surface area contributed by atoms with E-state index in [-0.39, 0.29) is 16.6 Å². The van der Waals surface area contributed by atoms with Gasteiger partial charge in [0.05, 0.1) is 6.54 Å². The fourth-order valence-electron chi connectivity index (χ4n) is 2.28.